The Morgan fingerprint density at radius 3 is 2.77 bits per heavy atom. The fraction of sp³-hybridized carbons (Fsp3) is 0.364. The van der Waals surface area contributed by atoms with E-state index in [9.17, 15) is 4.79 Å². The SMILES string of the molecule is CCc1c(Cl)cccc1C(C)C=O. The summed E-state index contributed by atoms with van der Waals surface area (Å²) in [5, 5.41) is 0.758. The molecule has 0 saturated carbocycles. The molecule has 2 heteroatoms. The fourth-order valence-corrected chi connectivity index (χ4v) is 1.76. The first-order valence-corrected chi connectivity index (χ1v) is 4.81. The van der Waals surface area contributed by atoms with Crippen LogP contribution in [-0.4, -0.2) is 6.29 Å². The highest BCUT2D eigenvalue weighted by Gasteiger charge is 2.10. The van der Waals surface area contributed by atoms with Crippen molar-refractivity contribution in [2.45, 2.75) is 26.2 Å². The summed E-state index contributed by atoms with van der Waals surface area (Å²) in [6.45, 7) is 3.93. The van der Waals surface area contributed by atoms with E-state index in [4.69, 9.17) is 11.6 Å². The van der Waals surface area contributed by atoms with Gasteiger partial charge in [0, 0.05) is 10.9 Å². The van der Waals surface area contributed by atoms with Crippen molar-refractivity contribution in [3.05, 3.63) is 34.3 Å². The van der Waals surface area contributed by atoms with Crippen LogP contribution in [0.4, 0.5) is 0 Å². The van der Waals surface area contributed by atoms with Crippen molar-refractivity contribution in [2.24, 2.45) is 0 Å². The van der Waals surface area contributed by atoms with Crippen molar-refractivity contribution in [1.29, 1.82) is 0 Å². The van der Waals surface area contributed by atoms with Gasteiger partial charge < -0.3 is 4.79 Å². The summed E-state index contributed by atoms with van der Waals surface area (Å²) in [5.74, 6) is -0.0614. The highest BCUT2D eigenvalue weighted by molar-refractivity contribution is 6.31. The molecule has 13 heavy (non-hydrogen) atoms. The summed E-state index contributed by atoms with van der Waals surface area (Å²) in [6, 6.07) is 5.71. The van der Waals surface area contributed by atoms with Gasteiger partial charge in [-0.3, -0.25) is 0 Å². The zero-order valence-electron chi connectivity index (χ0n) is 7.88. The number of halogens is 1. The lowest BCUT2D eigenvalue weighted by molar-refractivity contribution is -0.108. The molecule has 1 nitrogen and oxygen atoms in total. The van der Waals surface area contributed by atoms with Crippen molar-refractivity contribution >= 4 is 17.9 Å². The molecule has 0 fully saturated rings. The van der Waals surface area contributed by atoms with Gasteiger partial charge in [0.05, 0.1) is 0 Å². The Balaban J connectivity index is 3.19. The Labute approximate surface area is 83.7 Å². The van der Waals surface area contributed by atoms with E-state index in [2.05, 4.69) is 0 Å². The molecule has 0 aliphatic carbocycles. The average Bonchev–Trinajstić information content (AvgIpc) is 2.16. The molecular weight excluding hydrogens is 184 g/mol. The molecule has 0 spiro atoms. The zero-order valence-corrected chi connectivity index (χ0v) is 8.64. The van der Waals surface area contributed by atoms with Crippen molar-refractivity contribution < 1.29 is 4.79 Å². The Kier molecular flexibility index (Phi) is 3.49. The van der Waals surface area contributed by atoms with Gasteiger partial charge in [-0.25, -0.2) is 0 Å². The molecule has 0 N–H and O–H groups in total. The maximum absolute atomic E-state index is 10.6. The van der Waals surface area contributed by atoms with Crippen molar-refractivity contribution in [1.82, 2.24) is 0 Å². The maximum atomic E-state index is 10.6. The third-order valence-corrected chi connectivity index (χ3v) is 2.56. The summed E-state index contributed by atoms with van der Waals surface area (Å²) >= 11 is 6.01. The van der Waals surface area contributed by atoms with Crippen LogP contribution in [0.1, 0.15) is 30.9 Å². The van der Waals surface area contributed by atoms with Gasteiger partial charge in [0.25, 0.3) is 0 Å². The van der Waals surface area contributed by atoms with Crippen LogP contribution in [0.3, 0.4) is 0 Å². The Hall–Kier alpha value is -0.820. The van der Waals surface area contributed by atoms with E-state index in [0.29, 0.717) is 0 Å². The molecule has 0 bridgehead atoms. The lowest BCUT2D eigenvalue weighted by atomic mass is 9.95. The molecule has 1 aromatic carbocycles. The van der Waals surface area contributed by atoms with E-state index in [-0.39, 0.29) is 5.92 Å². The van der Waals surface area contributed by atoms with Crippen LogP contribution >= 0.6 is 11.6 Å². The Morgan fingerprint density at radius 1 is 1.54 bits per heavy atom. The number of hydrogen-bond acceptors (Lipinski definition) is 1. The molecule has 70 valence electrons. The van der Waals surface area contributed by atoms with Crippen molar-refractivity contribution in [2.75, 3.05) is 0 Å². The Morgan fingerprint density at radius 2 is 2.23 bits per heavy atom. The van der Waals surface area contributed by atoms with E-state index in [0.717, 1.165) is 28.9 Å². The van der Waals surface area contributed by atoms with Gasteiger partial charge in [0.1, 0.15) is 6.29 Å². The van der Waals surface area contributed by atoms with Crippen LogP contribution < -0.4 is 0 Å². The van der Waals surface area contributed by atoms with Gasteiger partial charge >= 0.3 is 0 Å². The van der Waals surface area contributed by atoms with Crippen LogP contribution in [0.15, 0.2) is 18.2 Å². The summed E-state index contributed by atoms with van der Waals surface area (Å²) < 4.78 is 0. The normalized spacial score (nSPS) is 12.5. The minimum Gasteiger partial charge on any atom is -0.303 e. The summed E-state index contributed by atoms with van der Waals surface area (Å²) in [5.41, 5.74) is 2.13. The Bertz CT molecular complexity index is 307. The van der Waals surface area contributed by atoms with E-state index < -0.39 is 0 Å². The number of rotatable bonds is 3. The molecule has 0 aliphatic rings. The molecule has 0 amide bonds. The molecular formula is C11H13ClO. The highest BCUT2D eigenvalue weighted by Crippen LogP contribution is 2.25. The summed E-state index contributed by atoms with van der Waals surface area (Å²) in [6.07, 6.45) is 1.82. The summed E-state index contributed by atoms with van der Waals surface area (Å²) in [7, 11) is 0. The molecule has 0 aromatic heterocycles. The van der Waals surface area contributed by atoms with Crippen LogP contribution in [0.5, 0.6) is 0 Å². The van der Waals surface area contributed by atoms with Gasteiger partial charge in [-0.05, 0) is 23.6 Å². The quantitative estimate of drug-likeness (QED) is 0.679. The molecule has 1 atom stereocenters. The highest BCUT2D eigenvalue weighted by atomic mass is 35.5. The molecule has 1 rings (SSSR count). The van der Waals surface area contributed by atoms with Crippen LogP contribution in [-0.2, 0) is 11.2 Å². The lowest BCUT2D eigenvalue weighted by Crippen LogP contribution is -2.00. The zero-order chi connectivity index (χ0) is 9.84. The fourth-order valence-electron chi connectivity index (χ4n) is 1.45. The van der Waals surface area contributed by atoms with Crippen molar-refractivity contribution in [3.8, 4) is 0 Å². The standard InChI is InChI=1S/C11H13ClO/c1-3-9-10(8(2)7-13)5-4-6-11(9)12/h4-8H,3H2,1-2H3. The van der Waals surface area contributed by atoms with Crippen LogP contribution in [0.2, 0.25) is 5.02 Å². The first-order chi connectivity index (χ1) is 6.20. The van der Waals surface area contributed by atoms with Gasteiger partial charge in [-0.1, -0.05) is 37.6 Å². The molecule has 0 radical (unpaired) electrons. The summed E-state index contributed by atoms with van der Waals surface area (Å²) in [4.78, 5) is 10.6. The minimum absolute atomic E-state index is 0.0614. The molecule has 0 heterocycles. The van der Waals surface area contributed by atoms with Crippen LogP contribution in [0, 0.1) is 0 Å². The second kappa shape index (κ2) is 4.43. The number of carbonyl (C=O) groups excluding carboxylic acids is 1. The van der Waals surface area contributed by atoms with Crippen LogP contribution in [0.25, 0.3) is 0 Å². The van der Waals surface area contributed by atoms with Gasteiger partial charge in [0.15, 0.2) is 0 Å². The first kappa shape index (κ1) is 10.3. The average molecular weight is 197 g/mol. The van der Waals surface area contributed by atoms with E-state index in [1.54, 1.807) is 0 Å². The van der Waals surface area contributed by atoms with Gasteiger partial charge in [-0.15, -0.1) is 0 Å². The second-order valence-corrected chi connectivity index (χ2v) is 3.49. The smallest absolute Gasteiger partial charge is 0.127 e. The lowest BCUT2D eigenvalue weighted by Gasteiger charge is -2.11. The second-order valence-electron chi connectivity index (χ2n) is 3.09. The number of hydrogen-bond donors (Lipinski definition) is 0. The van der Waals surface area contributed by atoms with Gasteiger partial charge in [-0.2, -0.15) is 0 Å². The molecule has 0 saturated heterocycles. The topological polar surface area (TPSA) is 17.1 Å². The maximum Gasteiger partial charge on any atom is 0.127 e. The third kappa shape index (κ3) is 2.10. The van der Waals surface area contributed by atoms with Crippen molar-refractivity contribution in [3.63, 3.8) is 0 Å². The van der Waals surface area contributed by atoms with E-state index in [1.807, 2.05) is 32.0 Å². The minimum atomic E-state index is -0.0614. The third-order valence-electron chi connectivity index (χ3n) is 2.20. The molecule has 0 aliphatic heterocycles. The molecule has 1 aromatic rings. The van der Waals surface area contributed by atoms with E-state index in [1.165, 1.54) is 0 Å². The predicted octanol–water partition coefficient (Wildman–Crippen LogP) is 3.20. The predicted molar refractivity (Wildman–Crippen MR) is 55.3 cm³/mol. The largest absolute Gasteiger partial charge is 0.303 e. The van der Waals surface area contributed by atoms with E-state index >= 15 is 0 Å². The number of benzene rings is 1. The first-order valence-electron chi connectivity index (χ1n) is 4.43. The van der Waals surface area contributed by atoms with Gasteiger partial charge in [0.2, 0.25) is 0 Å². The number of carbonyl (C=O) groups is 1. The molecule has 1 unspecified atom stereocenters. The number of aldehydes is 1. The monoisotopic (exact) mass is 196 g/mol.